The van der Waals surface area contributed by atoms with Gasteiger partial charge in [-0.05, 0) is 105 Å². The Kier molecular flexibility index (Phi) is 5.33. The van der Waals surface area contributed by atoms with Crippen molar-refractivity contribution in [2.24, 2.45) is 27.6 Å². The van der Waals surface area contributed by atoms with Crippen LogP contribution in [0.2, 0.25) is 0 Å². The van der Waals surface area contributed by atoms with E-state index in [0.29, 0.717) is 11.3 Å². The van der Waals surface area contributed by atoms with Gasteiger partial charge in [0.25, 0.3) is 0 Å². The Balaban J connectivity index is 1.62. The second kappa shape index (κ2) is 7.54. The fourth-order valence-electron chi connectivity index (χ4n) is 8.95. The van der Waals surface area contributed by atoms with Crippen molar-refractivity contribution in [1.29, 1.82) is 0 Å². The molecule has 4 heteroatoms. The van der Waals surface area contributed by atoms with Gasteiger partial charge in [0, 0.05) is 23.5 Å². The van der Waals surface area contributed by atoms with E-state index in [1.54, 1.807) is 6.08 Å². The number of esters is 1. The molecule has 5 rings (SSSR count). The number of nitrogens with one attached hydrogen (secondary N) is 1. The van der Waals surface area contributed by atoms with Gasteiger partial charge in [-0.15, -0.1) is 0 Å². The summed E-state index contributed by atoms with van der Waals surface area (Å²) in [6.45, 7) is 15.7. The van der Waals surface area contributed by atoms with Gasteiger partial charge >= 0.3 is 5.97 Å². The molecule has 0 amide bonds. The van der Waals surface area contributed by atoms with Crippen LogP contribution in [0.3, 0.4) is 0 Å². The maximum absolute atomic E-state index is 13.1. The van der Waals surface area contributed by atoms with Crippen molar-refractivity contribution in [3.63, 3.8) is 0 Å². The Morgan fingerprint density at radius 2 is 1.69 bits per heavy atom. The largest absolute Gasteiger partial charge is 0.422 e. The smallest absolute Gasteiger partial charge is 0.308 e. The first-order valence-electron chi connectivity index (χ1n) is 13.5. The van der Waals surface area contributed by atoms with Crippen molar-refractivity contribution in [1.82, 2.24) is 5.32 Å². The van der Waals surface area contributed by atoms with E-state index in [-0.39, 0.29) is 33.3 Å². The van der Waals surface area contributed by atoms with Crippen molar-refractivity contribution in [2.75, 3.05) is 7.05 Å². The molecule has 5 aliphatic rings. The fraction of sp³-hybridized carbons (Fsp3) is 0.677. The number of allylic oxidation sites excluding steroid dienone is 7. The normalized spacial score (nSPS) is 44.7. The van der Waals surface area contributed by atoms with Crippen LogP contribution in [-0.2, 0) is 14.3 Å². The molecule has 3 saturated carbocycles. The van der Waals surface area contributed by atoms with Crippen LogP contribution in [0.15, 0.2) is 46.3 Å². The summed E-state index contributed by atoms with van der Waals surface area (Å²) in [5.41, 5.74) is 5.17. The molecule has 0 spiro atoms. The SMILES string of the molecule is CN[C@]1(C)CCC2(C)CC[C@]3(C)C4=CC=C5C(=CC(=O)C(OC(C)=O)=C5C)[C@]4(C)CC[C@@]3(C)[C@@H]2C1. The molecule has 0 saturated heterocycles. The number of ether oxygens (including phenoxy) is 1. The van der Waals surface area contributed by atoms with Crippen molar-refractivity contribution < 1.29 is 14.3 Å². The van der Waals surface area contributed by atoms with E-state index in [0.717, 1.165) is 29.6 Å². The Hall–Kier alpha value is -1.94. The summed E-state index contributed by atoms with van der Waals surface area (Å²) in [5, 5.41) is 3.67. The summed E-state index contributed by atoms with van der Waals surface area (Å²) in [7, 11) is 2.13. The number of rotatable bonds is 2. The molecular weight excluding hydrogens is 434 g/mol. The van der Waals surface area contributed by atoms with Crippen LogP contribution in [-0.4, -0.2) is 24.3 Å². The molecule has 0 aromatic rings. The molecule has 0 heterocycles. The summed E-state index contributed by atoms with van der Waals surface area (Å²) in [5.74, 6) is 0.214. The molecule has 0 aromatic carbocycles. The van der Waals surface area contributed by atoms with Crippen LogP contribution < -0.4 is 5.32 Å². The van der Waals surface area contributed by atoms with Gasteiger partial charge < -0.3 is 10.1 Å². The molecule has 1 N–H and O–H groups in total. The van der Waals surface area contributed by atoms with Crippen LogP contribution in [0.1, 0.15) is 93.4 Å². The lowest BCUT2D eigenvalue weighted by molar-refractivity contribution is -0.153. The van der Waals surface area contributed by atoms with Crippen LogP contribution in [0.25, 0.3) is 0 Å². The standard InChI is InChI=1S/C31H43NO3/c1-19-21-9-10-24-29(5,22(21)17-23(34)26(19)35-20(2)33)14-16-31(7)25-18-28(4,32-8)13-11-27(25,3)12-15-30(24,31)6/h9-10,17,25,32H,11-16,18H2,1-8H3/t25-,27?,28-,29+,30-,31+/m1/s1. The van der Waals surface area contributed by atoms with Crippen molar-refractivity contribution >= 4 is 11.8 Å². The van der Waals surface area contributed by atoms with Gasteiger partial charge in [0.15, 0.2) is 5.76 Å². The second-order valence-electron chi connectivity index (χ2n) is 13.4. The average molecular weight is 478 g/mol. The summed E-state index contributed by atoms with van der Waals surface area (Å²) < 4.78 is 5.33. The highest BCUT2D eigenvalue weighted by atomic mass is 16.5. The molecule has 0 bridgehead atoms. The van der Waals surface area contributed by atoms with Crippen LogP contribution in [0.5, 0.6) is 0 Å². The summed E-state index contributed by atoms with van der Waals surface area (Å²) in [4.78, 5) is 24.7. The predicted octanol–water partition coefficient (Wildman–Crippen LogP) is 6.59. The van der Waals surface area contributed by atoms with E-state index in [1.165, 1.54) is 44.6 Å². The molecular formula is C31H43NO3. The minimum Gasteiger partial charge on any atom is -0.422 e. The third-order valence-corrected chi connectivity index (χ3v) is 11.7. The fourth-order valence-corrected chi connectivity index (χ4v) is 8.95. The van der Waals surface area contributed by atoms with E-state index in [2.05, 4.69) is 59.1 Å². The van der Waals surface area contributed by atoms with Crippen molar-refractivity contribution in [3.8, 4) is 0 Å². The van der Waals surface area contributed by atoms with Gasteiger partial charge in [-0.2, -0.15) is 0 Å². The van der Waals surface area contributed by atoms with Gasteiger partial charge in [-0.3, -0.25) is 9.59 Å². The maximum Gasteiger partial charge on any atom is 0.308 e. The van der Waals surface area contributed by atoms with Crippen molar-refractivity contribution in [2.45, 2.75) is 99.0 Å². The van der Waals surface area contributed by atoms with E-state index < -0.39 is 5.97 Å². The zero-order chi connectivity index (χ0) is 25.6. The van der Waals surface area contributed by atoms with Gasteiger partial charge in [0.05, 0.1) is 0 Å². The highest BCUT2D eigenvalue weighted by Gasteiger charge is 2.66. The summed E-state index contributed by atoms with van der Waals surface area (Å²) in [6, 6.07) is 0. The number of hydrogen-bond donors (Lipinski definition) is 1. The van der Waals surface area contributed by atoms with Crippen molar-refractivity contribution in [3.05, 3.63) is 46.3 Å². The van der Waals surface area contributed by atoms with Crippen LogP contribution >= 0.6 is 0 Å². The Morgan fingerprint density at radius 3 is 2.34 bits per heavy atom. The highest BCUT2D eigenvalue weighted by Crippen LogP contribution is 2.75. The quantitative estimate of drug-likeness (QED) is 0.456. The lowest BCUT2D eigenvalue weighted by atomic mass is 9.35. The Morgan fingerprint density at radius 1 is 1.00 bits per heavy atom. The van der Waals surface area contributed by atoms with E-state index in [4.69, 9.17) is 4.74 Å². The summed E-state index contributed by atoms with van der Waals surface area (Å²) in [6.07, 6.45) is 14.8. The molecule has 0 aliphatic heterocycles. The molecule has 1 unspecified atom stereocenters. The number of hydrogen-bond acceptors (Lipinski definition) is 4. The van der Waals surface area contributed by atoms with E-state index in [9.17, 15) is 9.59 Å². The third kappa shape index (κ3) is 3.21. The minimum absolute atomic E-state index is 0.0792. The van der Waals surface area contributed by atoms with Gasteiger partial charge in [-0.25, -0.2) is 0 Å². The van der Waals surface area contributed by atoms with E-state index >= 15 is 0 Å². The number of fused-ring (bicyclic) bond motifs is 7. The highest BCUT2D eigenvalue weighted by molar-refractivity contribution is 6.08. The second-order valence-corrected chi connectivity index (χ2v) is 13.4. The molecule has 0 radical (unpaired) electrons. The lowest BCUT2D eigenvalue weighted by Gasteiger charge is -2.70. The topological polar surface area (TPSA) is 55.4 Å². The monoisotopic (exact) mass is 477 g/mol. The maximum atomic E-state index is 13.1. The molecule has 190 valence electrons. The van der Waals surface area contributed by atoms with Gasteiger partial charge in [0.1, 0.15) is 0 Å². The van der Waals surface area contributed by atoms with E-state index in [1.807, 2.05) is 6.92 Å². The number of ketones is 1. The first-order chi connectivity index (χ1) is 16.2. The molecule has 5 aliphatic carbocycles. The molecule has 35 heavy (non-hydrogen) atoms. The van der Waals surface area contributed by atoms with Gasteiger partial charge in [0.2, 0.25) is 5.78 Å². The first-order valence-corrected chi connectivity index (χ1v) is 13.5. The minimum atomic E-state index is -0.448. The molecule has 4 nitrogen and oxygen atoms in total. The van der Waals surface area contributed by atoms with Gasteiger partial charge in [-0.1, -0.05) is 45.4 Å². The Labute approximate surface area is 211 Å². The molecule has 3 fully saturated rings. The molecule has 0 aromatic heterocycles. The predicted molar refractivity (Wildman–Crippen MR) is 139 cm³/mol. The van der Waals surface area contributed by atoms with Crippen LogP contribution in [0.4, 0.5) is 0 Å². The molecule has 6 atom stereocenters. The van der Waals surface area contributed by atoms with Crippen LogP contribution in [0, 0.1) is 27.6 Å². The lowest BCUT2D eigenvalue weighted by Crippen LogP contribution is -2.63. The number of carbonyl (C=O) groups excluding carboxylic acids is 2. The Bertz CT molecular complexity index is 1140. The first kappa shape index (κ1) is 24.7. The third-order valence-electron chi connectivity index (χ3n) is 11.7. The number of carbonyl (C=O) groups is 2. The zero-order valence-corrected chi connectivity index (χ0v) is 23.0. The average Bonchev–Trinajstić information content (AvgIpc) is 2.80. The summed E-state index contributed by atoms with van der Waals surface area (Å²) >= 11 is 0. The zero-order valence-electron chi connectivity index (χ0n) is 23.0.